The van der Waals surface area contributed by atoms with Gasteiger partial charge in [-0.25, -0.2) is 0 Å². The fourth-order valence-electron chi connectivity index (χ4n) is 1.39. The lowest BCUT2D eigenvalue weighted by atomic mass is 10.1. The Morgan fingerprint density at radius 2 is 2.08 bits per heavy atom. The molecule has 0 fully saturated rings. The molecule has 2 N–H and O–H groups in total. The smallest absolute Gasteiger partial charge is 0.255 e. The van der Waals surface area contributed by atoms with Gasteiger partial charge in [-0.2, -0.15) is 0 Å². The second-order valence-electron chi connectivity index (χ2n) is 3.03. The molecule has 0 spiro atoms. The van der Waals surface area contributed by atoms with Crippen molar-refractivity contribution in [2.45, 2.75) is 6.92 Å². The maximum absolute atomic E-state index is 11.3. The first-order valence-electron chi connectivity index (χ1n) is 3.99. The van der Waals surface area contributed by atoms with E-state index in [2.05, 4.69) is 4.98 Å². The molecule has 0 saturated carbocycles. The van der Waals surface area contributed by atoms with Gasteiger partial charge < -0.3 is 10.1 Å². The SMILES string of the molecule is Cc1c[nH]c(=O)c2cc(O)ccc12. The highest BCUT2D eigenvalue weighted by molar-refractivity contribution is 5.85. The van der Waals surface area contributed by atoms with Crippen LogP contribution in [-0.2, 0) is 0 Å². The molecule has 1 heterocycles. The summed E-state index contributed by atoms with van der Waals surface area (Å²) < 4.78 is 0. The van der Waals surface area contributed by atoms with Crippen molar-refractivity contribution < 1.29 is 5.11 Å². The van der Waals surface area contributed by atoms with E-state index < -0.39 is 0 Å². The molecule has 0 radical (unpaired) electrons. The summed E-state index contributed by atoms with van der Waals surface area (Å²) in [5.41, 5.74) is 0.825. The number of aryl methyl sites for hydroxylation is 1. The van der Waals surface area contributed by atoms with Crippen LogP contribution in [0.5, 0.6) is 5.75 Å². The van der Waals surface area contributed by atoms with Crippen LogP contribution in [0.15, 0.2) is 29.2 Å². The molecule has 3 heteroatoms. The molecular formula is C10H9NO2. The first kappa shape index (κ1) is 7.86. The van der Waals surface area contributed by atoms with Crippen LogP contribution in [0.2, 0.25) is 0 Å². The molecular weight excluding hydrogens is 166 g/mol. The third-order valence-electron chi connectivity index (χ3n) is 2.09. The number of aromatic hydroxyl groups is 1. The van der Waals surface area contributed by atoms with Gasteiger partial charge in [-0.05, 0) is 30.0 Å². The zero-order chi connectivity index (χ0) is 9.42. The molecule has 0 unspecified atom stereocenters. The summed E-state index contributed by atoms with van der Waals surface area (Å²) >= 11 is 0. The van der Waals surface area contributed by atoms with E-state index in [1.54, 1.807) is 18.3 Å². The highest BCUT2D eigenvalue weighted by Gasteiger charge is 2.01. The Morgan fingerprint density at radius 1 is 1.31 bits per heavy atom. The fraction of sp³-hybridized carbons (Fsp3) is 0.100. The molecule has 0 aliphatic carbocycles. The Labute approximate surface area is 74.7 Å². The minimum atomic E-state index is -0.170. The second kappa shape index (κ2) is 2.62. The summed E-state index contributed by atoms with van der Waals surface area (Å²) in [4.78, 5) is 13.9. The Morgan fingerprint density at radius 3 is 2.85 bits per heavy atom. The van der Waals surface area contributed by atoms with Crippen LogP contribution in [0, 0.1) is 6.92 Å². The normalized spacial score (nSPS) is 10.5. The van der Waals surface area contributed by atoms with E-state index in [0.29, 0.717) is 5.39 Å². The summed E-state index contributed by atoms with van der Waals surface area (Å²) in [5.74, 6) is 0.114. The topological polar surface area (TPSA) is 53.1 Å². The number of nitrogens with one attached hydrogen (secondary N) is 1. The molecule has 0 saturated heterocycles. The van der Waals surface area contributed by atoms with Crippen molar-refractivity contribution in [1.29, 1.82) is 0 Å². The summed E-state index contributed by atoms with van der Waals surface area (Å²) in [5, 5.41) is 10.6. The van der Waals surface area contributed by atoms with Crippen LogP contribution >= 0.6 is 0 Å². The largest absolute Gasteiger partial charge is 0.508 e. The van der Waals surface area contributed by atoms with Crippen LogP contribution in [0.4, 0.5) is 0 Å². The highest BCUT2D eigenvalue weighted by Crippen LogP contribution is 2.18. The van der Waals surface area contributed by atoms with Crippen molar-refractivity contribution >= 4 is 10.8 Å². The van der Waals surface area contributed by atoms with E-state index in [4.69, 9.17) is 0 Å². The Bertz CT molecular complexity index is 514. The number of pyridine rings is 1. The van der Waals surface area contributed by atoms with E-state index in [1.165, 1.54) is 6.07 Å². The van der Waals surface area contributed by atoms with E-state index in [-0.39, 0.29) is 11.3 Å². The third-order valence-corrected chi connectivity index (χ3v) is 2.09. The van der Waals surface area contributed by atoms with Gasteiger partial charge in [0.05, 0.1) is 5.39 Å². The Balaban J connectivity index is 3.01. The molecule has 2 aromatic rings. The van der Waals surface area contributed by atoms with Crippen molar-refractivity contribution in [3.05, 3.63) is 40.3 Å². The molecule has 0 aliphatic heterocycles. The molecule has 66 valence electrons. The first-order chi connectivity index (χ1) is 6.18. The Kier molecular flexibility index (Phi) is 1.59. The molecule has 2 rings (SSSR count). The predicted octanol–water partition coefficient (Wildman–Crippen LogP) is 1.54. The zero-order valence-electron chi connectivity index (χ0n) is 7.16. The first-order valence-corrected chi connectivity index (χ1v) is 3.99. The summed E-state index contributed by atoms with van der Waals surface area (Å²) in [6.07, 6.45) is 1.67. The molecule has 0 amide bonds. The van der Waals surface area contributed by atoms with Crippen LogP contribution < -0.4 is 5.56 Å². The van der Waals surface area contributed by atoms with E-state index in [0.717, 1.165) is 10.9 Å². The zero-order valence-corrected chi connectivity index (χ0v) is 7.16. The van der Waals surface area contributed by atoms with Crippen molar-refractivity contribution in [2.75, 3.05) is 0 Å². The maximum atomic E-state index is 11.3. The maximum Gasteiger partial charge on any atom is 0.255 e. The minimum absolute atomic E-state index is 0.114. The van der Waals surface area contributed by atoms with Gasteiger partial charge in [0.1, 0.15) is 5.75 Å². The predicted molar refractivity (Wildman–Crippen MR) is 51.0 cm³/mol. The summed E-state index contributed by atoms with van der Waals surface area (Å²) in [6, 6.07) is 4.80. The number of aromatic amines is 1. The summed E-state index contributed by atoms with van der Waals surface area (Å²) in [7, 11) is 0. The Hall–Kier alpha value is -1.77. The van der Waals surface area contributed by atoms with Crippen LogP contribution in [0.1, 0.15) is 5.56 Å². The van der Waals surface area contributed by atoms with E-state index >= 15 is 0 Å². The van der Waals surface area contributed by atoms with Gasteiger partial charge in [-0.3, -0.25) is 4.79 Å². The van der Waals surface area contributed by atoms with Crippen molar-refractivity contribution in [1.82, 2.24) is 4.98 Å². The van der Waals surface area contributed by atoms with Gasteiger partial charge in [0.25, 0.3) is 5.56 Å². The average molecular weight is 175 g/mol. The molecule has 3 nitrogen and oxygen atoms in total. The quantitative estimate of drug-likeness (QED) is 0.638. The molecule has 1 aromatic carbocycles. The fourth-order valence-corrected chi connectivity index (χ4v) is 1.39. The number of benzene rings is 1. The lowest BCUT2D eigenvalue weighted by Gasteiger charge is -2.00. The number of hydrogen-bond acceptors (Lipinski definition) is 2. The molecule has 0 atom stereocenters. The number of hydrogen-bond donors (Lipinski definition) is 2. The third kappa shape index (κ3) is 1.18. The number of aromatic nitrogens is 1. The second-order valence-corrected chi connectivity index (χ2v) is 3.03. The van der Waals surface area contributed by atoms with Crippen LogP contribution in [0.3, 0.4) is 0 Å². The number of phenols is 1. The van der Waals surface area contributed by atoms with Gasteiger partial charge >= 0.3 is 0 Å². The van der Waals surface area contributed by atoms with Gasteiger partial charge in [0.2, 0.25) is 0 Å². The number of rotatable bonds is 0. The van der Waals surface area contributed by atoms with Crippen LogP contribution in [-0.4, -0.2) is 10.1 Å². The minimum Gasteiger partial charge on any atom is -0.508 e. The van der Waals surface area contributed by atoms with Gasteiger partial charge in [0.15, 0.2) is 0 Å². The molecule has 0 aliphatic rings. The highest BCUT2D eigenvalue weighted by atomic mass is 16.3. The lowest BCUT2D eigenvalue weighted by Crippen LogP contribution is -2.05. The summed E-state index contributed by atoms with van der Waals surface area (Å²) in [6.45, 7) is 1.91. The van der Waals surface area contributed by atoms with E-state index in [1.807, 2.05) is 6.92 Å². The molecule has 13 heavy (non-hydrogen) atoms. The van der Waals surface area contributed by atoms with Gasteiger partial charge in [-0.15, -0.1) is 0 Å². The number of H-pyrrole nitrogens is 1. The number of phenolic OH excluding ortho intramolecular Hbond substituents is 1. The van der Waals surface area contributed by atoms with E-state index in [9.17, 15) is 9.90 Å². The van der Waals surface area contributed by atoms with Crippen LogP contribution in [0.25, 0.3) is 10.8 Å². The van der Waals surface area contributed by atoms with Gasteiger partial charge in [0, 0.05) is 6.20 Å². The van der Waals surface area contributed by atoms with Gasteiger partial charge in [-0.1, -0.05) is 6.07 Å². The monoisotopic (exact) mass is 175 g/mol. The standard InChI is InChI=1S/C10H9NO2/c1-6-5-11-10(13)9-4-7(12)2-3-8(6)9/h2-5,12H,1H3,(H,11,13). The van der Waals surface area contributed by atoms with Crippen molar-refractivity contribution in [2.24, 2.45) is 0 Å². The average Bonchev–Trinajstić information content (AvgIpc) is 2.12. The lowest BCUT2D eigenvalue weighted by molar-refractivity contribution is 0.476. The molecule has 1 aromatic heterocycles. The van der Waals surface area contributed by atoms with Crippen molar-refractivity contribution in [3.8, 4) is 5.75 Å². The van der Waals surface area contributed by atoms with Crippen molar-refractivity contribution in [3.63, 3.8) is 0 Å². The molecule has 0 bridgehead atoms. The number of fused-ring (bicyclic) bond motifs is 1.